The minimum atomic E-state index is -1.39. The molecule has 1 aliphatic heterocycles. The summed E-state index contributed by atoms with van der Waals surface area (Å²) in [7, 11) is 0. The Morgan fingerprint density at radius 1 is 0.534 bits per heavy atom. The van der Waals surface area contributed by atoms with Crippen molar-refractivity contribution in [3.8, 4) is 23.6 Å². The third-order valence-corrected chi connectivity index (χ3v) is 10.9. The maximum atomic E-state index is 13.0. The summed E-state index contributed by atoms with van der Waals surface area (Å²) >= 11 is 0. The van der Waals surface area contributed by atoms with E-state index < -0.39 is 47.7 Å². The van der Waals surface area contributed by atoms with Crippen LogP contribution in [0.1, 0.15) is 66.9 Å². The normalized spacial score (nSPS) is 12.9. The largest absolute Gasteiger partial charge is 0.508 e. The molecule has 0 unspecified atom stereocenters. The Morgan fingerprint density at radius 3 is 1.26 bits per heavy atom. The van der Waals surface area contributed by atoms with Gasteiger partial charge in [0.2, 0.25) is 0 Å². The predicted molar refractivity (Wildman–Crippen MR) is 262 cm³/mol. The molecule has 0 bridgehead atoms. The average molecular weight is 978 g/mol. The number of aliphatic carboxylic acids is 1. The molecule has 0 saturated carbocycles. The van der Waals surface area contributed by atoms with E-state index in [4.69, 9.17) is 4.84 Å². The second kappa shape index (κ2) is 24.9. The van der Waals surface area contributed by atoms with Crippen LogP contribution in [0, 0.1) is 22.7 Å². The number of nitrogens with zero attached hydrogens (tertiary/aromatic N) is 3. The number of aromatic hydroxyl groups is 2. The van der Waals surface area contributed by atoms with Gasteiger partial charge in [-0.1, -0.05) is 133 Å². The van der Waals surface area contributed by atoms with Crippen LogP contribution in [-0.4, -0.2) is 79.6 Å². The fourth-order valence-electron chi connectivity index (χ4n) is 7.02. The van der Waals surface area contributed by atoms with Gasteiger partial charge in [-0.2, -0.15) is 10.5 Å². The molecule has 0 aliphatic carbocycles. The lowest BCUT2D eigenvalue weighted by molar-refractivity contribution is -0.199. The summed E-state index contributed by atoms with van der Waals surface area (Å²) in [5.74, 6) is -5.72. The number of carboxylic acid groups (broad SMARTS) is 1. The number of hydroxylamine groups is 2. The van der Waals surface area contributed by atoms with Gasteiger partial charge in [0.15, 0.2) is 11.6 Å². The second-order valence-corrected chi connectivity index (χ2v) is 16.1. The Labute approximate surface area is 417 Å². The van der Waals surface area contributed by atoms with Gasteiger partial charge >= 0.3 is 11.9 Å². The molecule has 6 aromatic carbocycles. The monoisotopic (exact) mass is 977 g/mol. The lowest BCUT2D eigenvalue weighted by Crippen LogP contribution is -2.46. The number of phenolic OH excluding ortho intramolecular Hbond substituents is 2. The molecule has 0 radical (unpaired) electrons. The van der Waals surface area contributed by atoms with Gasteiger partial charge in [-0.3, -0.25) is 28.8 Å². The first-order valence-electron chi connectivity index (χ1n) is 22.2. The lowest BCUT2D eigenvalue weighted by atomic mass is 9.99. The molecule has 364 valence electrons. The van der Waals surface area contributed by atoms with Gasteiger partial charge in [-0.15, -0.1) is 5.06 Å². The minimum Gasteiger partial charge on any atom is -0.508 e. The van der Waals surface area contributed by atoms with Crippen LogP contribution >= 0.6 is 0 Å². The molecule has 4 amide bonds. The van der Waals surface area contributed by atoms with Crippen LogP contribution in [0.5, 0.6) is 11.5 Å². The third kappa shape index (κ3) is 14.6. The van der Waals surface area contributed by atoms with Crippen LogP contribution in [0.3, 0.4) is 0 Å². The Kier molecular flexibility index (Phi) is 17.7. The number of benzene rings is 6. The summed E-state index contributed by atoms with van der Waals surface area (Å²) in [5.41, 5.74) is 3.43. The molecule has 1 aliphatic rings. The summed E-state index contributed by atoms with van der Waals surface area (Å²) in [6.07, 6.45) is 2.21. The third-order valence-electron chi connectivity index (χ3n) is 10.9. The minimum absolute atomic E-state index is 0.00501. The van der Waals surface area contributed by atoms with Crippen LogP contribution in [-0.2, 0) is 46.4 Å². The number of amides is 4. The Bertz CT molecular complexity index is 3160. The molecule has 73 heavy (non-hydrogen) atoms. The maximum Gasteiger partial charge on any atom is 0.355 e. The number of carboxylic acids is 1. The van der Waals surface area contributed by atoms with Crippen molar-refractivity contribution >= 4 is 59.3 Å². The molecular weight excluding hydrogens is 935 g/mol. The lowest BCUT2D eigenvalue weighted by Gasteiger charge is -2.20. The van der Waals surface area contributed by atoms with Crippen molar-refractivity contribution in [2.75, 3.05) is 0 Å². The Hall–Kier alpha value is -10.3. The molecule has 0 spiro atoms. The summed E-state index contributed by atoms with van der Waals surface area (Å²) in [4.78, 5) is 104. The summed E-state index contributed by atoms with van der Waals surface area (Å²) in [6, 6.07) is 42.8. The number of nitrogens with one attached hydrogen (secondary N) is 2. The zero-order chi connectivity index (χ0) is 52.4. The topological polar surface area (TPSA) is 281 Å². The van der Waals surface area contributed by atoms with Gasteiger partial charge in [-0.25, -0.2) is 9.59 Å². The first-order valence-corrected chi connectivity index (χ1v) is 22.2. The molecule has 5 N–H and O–H groups in total. The van der Waals surface area contributed by atoms with Gasteiger partial charge in [-0.05, 0) is 58.7 Å². The van der Waals surface area contributed by atoms with E-state index in [2.05, 4.69) is 10.6 Å². The number of ketones is 2. The molecule has 2 atom stereocenters. The van der Waals surface area contributed by atoms with Gasteiger partial charge in [0, 0.05) is 47.9 Å². The number of nitriles is 2. The van der Waals surface area contributed by atoms with E-state index in [0.717, 1.165) is 0 Å². The van der Waals surface area contributed by atoms with Crippen molar-refractivity contribution in [3.05, 3.63) is 213 Å². The van der Waals surface area contributed by atoms with E-state index in [1.807, 2.05) is 6.07 Å². The van der Waals surface area contributed by atoms with Crippen molar-refractivity contribution in [1.29, 1.82) is 10.5 Å². The first-order chi connectivity index (χ1) is 35.1. The molecule has 0 aromatic heterocycles. The van der Waals surface area contributed by atoms with E-state index in [9.17, 15) is 64.2 Å². The highest BCUT2D eigenvalue weighted by Crippen LogP contribution is 2.19. The fraction of sp³-hybridized carbons (Fsp3) is 0.107. The van der Waals surface area contributed by atoms with Crippen LogP contribution < -0.4 is 10.6 Å². The highest BCUT2D eigenvalue weighted by atomic mass is 16.7. The molecule has 1 saturated heterocycles. The zero-order valence-corrected chi connectivity index (χ0v) is 38.5. The number of hydrogen-bond acceptors (Lipinski definition) is 13. The van der Waals surface area contributed by atoms with Crippen molar-refractivity contribution in [2.45, 2.75) is 37.8 Å². The van der Waals surface area contributed by atoms with E-state index in [1.165, 1.54) is 60.7 Å². The number of carbonyl (C=O) groups is 8. The molecule has 6 aromatic rings. The molecule has 1 fully saturated rings. The number of phenols is 2. The number of rotatable bonds is 17. The first kappa shape index (κ1) is 52.1. The molecule has 1 heterocycles. The molecule has 17 nitrogen and oxygen atoms in total. The molecule has 7 rings (SSSR count). The fourth-order valence-corrected chi connectivity index (χ4v) is 7.02. The van der Waals surface area contributed by atoms with Crippen LogP contribution in [0.25, 0.3) is 12.2 Å². The highest BCUT2D eigenvalue weighted by Gasteiger charge is 2.36. The van der Waals surface area contributed by atoms with Gasteiger partial charge in [0.05, 0.1) is 0 Å². The smallest absolute Gasteiger partial charge is 0.355 e. The van der Waals surface area contributed by atoms with Crippen molar-refractivity contribution in [1.82, 2.24) is 15.7 Å². The maximum absolute atomic E-state index is 13.0. The van der Waals surface area contributed by atoms with Crippen molar-refractivity contribution in [2.24, 2.45) is 0 Å². The van der Waals surface area contributed by atoms with E-state index in [0.29, 0.717) is 49.6 Å². The number of carbonyl (C=O) groups excluding carboxylic acids is 7. The van der Waals surface area contributed by atoms with Gasteiger partial charge in [0.25, 0.3) is 23.6 Å². The van der Waals surface area contributed by atoms with Crippen LogP contribution in [0.2, 0.25) is 0 Å². The Balaban J connectivity index is 0.000000243. The second-order valence-electron chi connectivity index (χ2n) is 16.1. The quantitative estimate of drug-likeness (QED) is 0.0294. The van der Waals surface area contributed by atoms with Gasteiger partial charge < -0.3 is 30.8 Å². The van der Waals surface area contributed by atoms with Crippen LogP contribution in [0.4, 0.5) is 0 Å². The van der Waals surface area contributed by atoms with E-state index in [-0.39, 0.29) is 59.9 Å². The summed E-state index contributed by atoms with van der Waals surface area (Å²) in [6.45, 7) is 0. The van der Waals surface area contributed by atoms with Crippen molar-refractivity contribution in [3.63, 3.8) is 0 Å². The zero-order valence-electron chi connectivity index (χ0n) is 38.5. The molecule has 17 heteroatoms. The van der Waals surface area contributed by atoms with E-state index >= 15 is 0 Å². The summed E-state index contributed by atoms with van der Waals surface area (Å²) < 4.78 is 0. The molecular formula is C56H43N5O12. The number of hydrogen-bond donors (Lipinski definition) is 5. The summed E-state index contributed by atoms with van der Waals surface area (Å²) in [5, 5.41) is 52.4. The van der Waals surface area contributed by atoms with E-state index in [1.54, 1.807) is 115 Å². The predicted octanol–water partition coefficient (Wildman–Crippen LogP) is 6.21. The van der Waals surface area contributed by atoms with Crippen molar-refractivity contribution < 1.29 is 58.5 Å². The SMILES string of the molecule is N#C/C(=C\c1ccc(O)cc1)C(=O)N[C@@H](Cc1ccc(C(=O)c2ccccc2)cc1)C(=O)O.N#C/C(=C\c1ccc(O)cc1)C(=O)N[C@@H](Cc1ccc(C(=O)c2ccccc2)cc1)C(=O)ON1C(=O)CCC1=O. The average Bonchev–Trinajstić information content (AvgIpc) is 3.72. The standard InChI is InChI=1S/C30H23N3O7.C26H20N2O5/c31-18-23(16-19-8-12-24(34)13-9-19)29(38)32-25(30(39)40-33-26(35)14-15-27(33)36)17-20-6-10-22(11-7-20)28(37)21-4-2-1-3-5-21;27-16-21(14-17-8-12-22(29)13-9-17)25(31)28-23(26(32)33)15-18-6-10-20(11-7-18)24(30)19-4-2-1-3-5-19/h1-13,16,25,34H,14-15,17H2,(H,32,38);1-14,23,29H,15H2,(H,28,31)(H,32,33)/b23-16+;21-14+/t25-;23-/m00/s1. The number of imide groups is 1. The highest BCUT2D eigenvalue weighted by molar-refractivity contribution is 6.10. The van der Waals surface area contributed by atoms with Crippen LogP contribution in [0.15, 0.2) is 169 Å². The van der Waals surface area contributed by atoms with Gasteiger partial charge in [0.1, 0.15) is 46.9 Å². The Morgan fingerprint density at radius 2 is 0.890 bits per heavy atom.